The van der Waals surface area contributed by atoms with Gasteiger partial charge in [-0.2, -0.15) is 4.98 Å². The monoisotopic (exact) mass is 412 g/mol. The Morgan fingerprint density at radius 1 is 1.23 bits per heavy atom. The lowest BCUT2D eigenvalue weighted by molar-refractivity contribution is -0.126. The van der Waals surface area contributed by atoms with E-state index in [0.717, 1.165) is 50.9 Å². The maximum absolute atomic E-state index is 12.5. The Kier molecular flexibility index (Phi) is 7.64. The van der Waals surface area contributed by atoms with Gasteiger partial charge < -0.3 is 9.84 Å². The molecule has 0 saturated carbocycles. The number of nitrogens with one attached hydrogen (secondary N) is 1. The molecule has 0 aliphatic carbocycles. The number of carbonyl (C=O) groups is 1. The van der Waals surface area contributed by atoms with Gasteiger partial charge in [-0.1, -0.05) is 70.0 Å². The molecule has 6 heteroatoms. The Balaban J connectivity index is 1.54. The van der Waals surface area contributed by atoms with Crippen LogP contribution in [0, 0.1) is 5.92 Å². The van der Waals surface area contributed by atoms with Gasteiger partial charge in [0, 0.05) is 18.7 Å². The van der Waals surface area contributed by atoms with Gasteiger partial charge in [0.2, 0.25) is 17.6 Å². The van der Waals surface area contributed by atoms with E-state index >= 15 is 0 Å². The maximum atomic E-state index is 12.5. The van der Waals surface area contributed by atoms with Crippen LogP contribution in [0.1, 0.15) is 71.3 Å². The molecule has 1 atom stereocenters. The van der Waals surface area contributed by atoms with Gasteiger partial charge >= 0.3 is 0 Å². The lowest BCUT2D eigenvalue weighted by Gasteiger charge is -2.30. The zero-order valence-electron chi connectivity index (χ0n) is 18.9. The molecule has 6 nitrogen and oxygen atoms in total. The normalized spacial score (nSPS) is 17.8. The molecular formula is C24H36N4O2. The summed E-state index contributed by atoms with van der Waals surface area (Å²) in [6, 6.07) is 8.35. The molecule has 0 spiro atoms. The van der Waals surface area contributed by atoms with Crippen LogP contribution in [0.4, 0.5) is 0 Å². The third kappa shape index (κ3) is 6.14. The molecule has 0 radical (unpaired) electrons. The van der Waals surface area contributed by atoms with E-state index in [0.29, 0.717) is 18.3 Å². The number of likely N-dealkylation sites (tertiary alicyclic amines) is 1. The van der Waals surface area contributed by atoms with Crippen LogP contribution in [0.5, 0.6) is 0 Å². The number of amides is 1. The first-order valence-electron chi connectivity index (χ1n) is 11.3. The molecule has 1 fully saturated rings. The van der Waals surface area contributed by atoms with E-state index in [4.69, 9.17) is 4.52 Å². The Labute approximate surface area is 180 Å². The molecule has 3 rings (SSSR count). The zero-order chi connectivity index (χ0) is 21.6. The van der Waals surface area contributed by atoms with Crippen molar-refractivity contribution >= 4 is 5.91 Å². The summed E-state index contributed by atoms with van der Waals surface area (Å²) in [5.74, 6) is 1.45. The van der Waals surface area contributed by atoms with Gasteiger partial charge in [0.15, 0.2) is 0 Å². The van der Waals surface area contributed by atoms with Gasteiger partial charge in [-0.3, -0.25) is 9.69 Å². The quantitative estimate of drug-likeness (QED) is 0.644. The van der Waals surface area contributed by atoms with E-state index in [2.05, 4.69) is 72.3 Å². The molecule has 1 aromatic heterocycles. The first-order valence-corrected chi connectivity index (χ1v) is 11.3. The average Bonchev–Trinajstić information content (AvgIpc) is 3.19. The predicted molar refractivity (Wildman–Crippen MR) is 119 cm³/mol. The second-order valence-corrected chi connectivity index (χ2v) is 9.41. The first-order chi connectivity index (χ1) is 14.4. The lowest BCUT2D eigenvalue weighted by atomic mass is 9.87. The summed E-state index contributed by atoms with van der Waals surface area (Å²) in [6.45, 7) is 11.8. The minimum atomic E-state index is 0.0488. The Hall–Kier alpha value is -2.21. The second kappa shape index (κ2) is 10.2. The SMILES string of the molecule is CCCCCNC(=O)C1CCCN(Cc2nc(-c3ccc(C(C)(C)C)cc3)no2)C1. The van der Waals surface area contributed by atoms with Crippen LogP contribution < -0.4 is 5.32 Å². The molecular weight excluding hydrogens is 376 g/mol. The molecule has 1 aromatic carbocycles. The van der Waals surface area contributed by atoms with Crippen molar-refractivity contribution in [2.24, 2.45) is 5.92 Å². The topological polar surface area (TPSA) is 71.3 Å². The Morgan fingerprint density at radius 2 is 2.00 bits per heavy atom. The molecule has 164 valence electrons. The highest BCUT2D eigenvalue weighted by molar-refractivity contribution is 5.78. The van der Waals surface area contributed by atoms with E-state index in [-0.39, 0.29) is 17.2 Å². The zero-order valence-corrected chi connectivity index (χ0v) is 18.9. The van der Waals surface area contributed by atoms with Gasteiger partial charge in [-0.25, -0.2) is 0 Å². The molecule has 0 bridgehead atoms. The average molecular weight is 413 g/mol. The van der Waals surface area contributed by atoms with Crippen LogP contribution in [0.25, 0.3) is 11.4 Å². The van der Waals surface area contributed by atoms with Gasteiger partial charge in [-0.05, 0) is 36.8 Å². The second-order valence-electron chi connectivity index (χ2n) is 9.41. The standard InChI is InChI=1S/C24H36N4O2/c1-5-6-7-14-25-23(29)19-9-8-15-28(16-19)17-21-26-22(27-30-21)18-10-12-20(13-11-18)24(2,3)4/h10-13,19H,5-9,14-17H2,1-4H3,(H,25,29). The van der Waals surface area contributed by atoms with E-state index in [1.165, 1.54) is 12.0 Å². The summed E-state index contributed by atoms with van der Waals surface area (Å²) in [4.78, 5) is 19.3. The van der Waals surface area contributed by atoms with Crippen LogP contribution >= 0.6 is 0 Å². The van der Waals surface area contributed by atoms with Crippen molar-refractivity contribution in [3.8, 4) is 11.4 Å². The molecule has 1 amide bonds. The van der Waals surface area contributed by atoms with Crippen molar-refractivity contribution in [1.29, 1.82) is 0 Å². The minimum Gasteiger partial charge on any atom is -0.356 e. The fourth-order valence-electron chi connectivity index (χ4n) is 3.89. The molecule has 1 saturated heterocycles. The maximum Gasteiger partial charge on any atom is 0.241 e. The number of piperidine rings is 1. The van der Waals surface area contributed by atoms with Crippen molar-refractivity contribution in [2.75, 3.05) is 19.6 Å². The third-order valence-electron chi connectivity index (χ3n) is 5.79. The minimum absolute atomic E-state index is 0.0488. The van der Waals surface area contributed by atoms with Crippen molar-refractivity contribution in [3.63, 3.8) is 0 Å². The number of aromatic nitrogens is 2. The summed E-state index contributed by atoms with van der Waals surface area (Å²) in [7, 11) is 0. The van der Waals surface area contributed by atoms with E-state index in [1.807, 2.05) is 0 Å². The summed E-state index contributed by atoms with van der Waals surface area (Å²) in [5.41, 5.74) is 2.36. The van der Waals surface area contributed by atoms with Crippen LogP contribution in [-0.2, 0) is 16.8 Å². The molecule has 30 heavy (non-hydrogen) atoms. The Bertz CT molecular complexity index is 807. The molecule has 2 heterocycles. The number of nitrogens with zero attached hydrogens (tertiary/aromatic N) is 3. The lowest BCUT2D eigenvalue weighted by Crippen LogP contribution is -2.42. The summed E-state index contributed by atoms with van der Waals surface area (Å²) in [6.07, 6.45) is 5.35. The largest absolute Gasteiger partial charge is 0.356 e. The van der Waals surface area contributed by atoms with Gasteiger partial charge in [-0.15, -0.1) is 0 Å². The molecule has 1 unspecified atom stereocenters. The highest BCUT2D eigenvalue weighted by Gasteiger charge is 2.26. The number of benzene rings is 1. The van der Waals surface area contributed by atoms with E-state index in [9.17, 15) is 4.79 Å². The van der Waals surface area contributed by atoms with Gasteiger partial charge in [0.25, 0.3) is 0 Å². The molecule has 1 aliphatic rings. The van der Waals surface area contributed by atoms with Crippen LogP contribution in [-0.4, -0.2) is 40.6 Å². The number of carbonyl (C=O) groups excluding carboxylic acids is 1. The van der Waals surface area contributed by atoms with Crippen molar-refractivity contribution in [3.05, 3.63) is 35.7 Å². The molecule has 1 N–H and O–H groups in total. The van der Waals surface area contributed by atoms with E-state index < -0.39 is 0 Å². The number of hydrogen-bond donors (Lipinski definition) is 1. The summed E-state index contributed by atoms with van der Waals surface area (Å²) in [5, 5.41) is 7.26. The molecule has 1 aliphatic heterocycles. The highest BCUT2D eigenvalue weighted by Crippen LogP contribution is 2.25. The van der Waals surface area contributed by atoms with E-state index in [1.54, 1.807) is 0 Å². The highest BCUT2D eigenvalue weighted by atomic mass is 16.5. The Morgan fingerprint density at radius 3 is 2.70 bits per heavy atom. The number of rotatable bonds is 8. The van der Waals surface area contributed by atoms with Crippen LogP contribution in [0.2, 0.25) is 0 Å². The van der Waals surface area contributed by atoms with Gasteiger partial charge in [0.1, 0.15) is 0 Å². The fraction of sp³-hybridized carbons (Fsp3) is 0.625. The summed E-state index contributed by atoms with van der Waals surface area (Å²) >= 11 is 0. The summed E-state index contributed by atoms with van der Waals surface area (Å²) < 4.78 is 5.50. The van der Waals surface area contributed by atoms with Gasteiger partial charge in [0.05, 0.1) is 12.5 Å². The van der Waals surface area contributed by atoms with Crippen LogP contribution in [0.15, 0.2) is 28.8 Å². The predicted octanol–water partition coefficient (Wildman–Crippen LogP) is 4.55. The fourth-order valence-corrected chi connectivity index (χ4v) is 3.89. The molecule has 2 aromatic rings. The smallest absolute Gasteiger partial charge is 0.241 e. The van der Waals surface area contributed by atoms with Crippen molar-refractivity contribution in [2.45, 2.75) is 71.8 Å². The van der Waals surface area contributed by atoms with Crippen LogP contribution in [0.3, 0.4) is 0 Å². The first kappa shape index (κ1) is 22.5. The number of unbranched alkanes of at least 4 members (excludes halogenated alkanes) is 2. The third-order valence-corrected chi connectivity index (χ3v) is 5.79. The van der Waals surface area contributed by atoms with Crippen molar-refractivity contribution < 1.29 is 9.32 Å². The number of hydrogen-bond acceptors (Lipinski definition) is 5. The van der Waals surface area contributed by atoms with Crippen molar-refractivity contribution in [1.82, 2.24) is 20.4 Å².